The molecule has 2 atom stereocenters. The summed E-state index contributed by atoms with van der Waals surface area (Å²) in [6, 6.07) is 7.50. The number of likely N-dealkylation sites (tertiary alicyclic amines) is 1. The van der Waals surface area contributed by atoms with Crippen molar-refractivity contribution in [3.8, 4) is 17.2 Å². The summed E-state index contributed by atoms with van der Waals surface area (Å²) in [5.74, 6) is -1.35. The van der Waals surface area contributed by atoms with Crippen LogP contribution in [0.1, 0.15) is 61.7 Å². The quantitative estimate of drug-likeness (QED) is 0.208. The van der Waals surface area contributed by atoms with Gasteiger partial charge in [0.05, 0.1) is 5.56 Å². The van der Waals surface area contributed by atoms with Gasteiger partial charge in [0.1, 0.15) is 23.4 Å². The van der Waals surface area contributed by atoms with Crippen molar-refractivity contribution in [1.82, 2.24) is 10.2 Å². The van der Waals surface area contributed by atoms with Crippen LogP contribution in [-0.2, 0) is 0 Å². The summed E-state index contributed by atoms with van der Waals surface area (Å²) < 4.78 is 90.3. The van der Waals surface area contributed by atoms with Gasteiger partial charge in [-0.05, 0) is 82.1 Å². The number of ether oxygens (including phenoxy) is 3. The molecule has 2 unspecified atom stereocenters. The summed E-state index contributed by atoms with van der Waals surface area (Å²) in [6.07, 6.45) is -4.92. The predicted molar refractivity (Wildman–Crippen MR) is 144 cm³/mol. The standard InChI is InChI=1S/C29H33F6N3O5/c30-28(31,32)42-23-7-4-6-19(17-23)36-27(40)37-20-9-10-21(16-20)41-22-11-12-26(43-29(33,34)35)24(18-22)25(39)8-5-15-38-13-2-1-3-14-38/h4,6-7,11-12,17-18,20-21H,1-3,5,8-10,13-16H2,(H2,36,37,40). The zero-order valence-electron chi connectivity index (χ0n) is 23.2. The van der Waals surface area contributed by atoms with Gasteiger partial charge in [0.15, 0.2) is 5.78 Å². The Balaban J connectivity index is 1.31. The highest BCUT2D eigenvalue weighted by Gasteiger charge is 2.34. The molecule has 2 amide bonds. The van der Waals surface area contributed by atoms with Gasteiger partial charge in [0.2, 0.25) is 0 Å². The van der Waals surface area contributed by atoms with E-state index >= 15 is 0 Å². The van der Waals surface area contributed by atoms with Gasteiger partial charge < -0.3 is 29.7 Å². The van der Waals surface area contributed by atoms with Crippen molar-refractivity contribution in [2.24, 2.45) is 0 Å². The van der Waals surface area contributed by atoms with Gasteiger partial charge in [-0.1, -0.05) is 12.5 Å². The van der Waals surface area contributed by atoms with E-state index in [2.05, 4.69) is 25.0 Å². The number of anilines is 1. The van der Waals surface area contributed by atoms with Crippen LogP contribution in [0.4, 0.5) is 36.8 Å². The third-order valence-corrected chi connectivity index (χ3v) is 7.15. The summed E-state index contributed by atoms with van der Waals surface area (Å²) in [5, 5.41) is 5.19. The lowest BCUT2D eigenvalue weighted by Crippen LogP contribution is -2.37. The molecule has 43 heavy (non-hydrogen) atoms. The molecule has 2 fully saturated rings. The van der Waals surface area contributed by atoms with Crippen LogP contribution in [0.25, 0.3) is 0 Å². The number of rotatable bonds is 11. The molecule has 0 bridgehead atoms. The predicted octanol–water partition coefficient (Wildman–Crippen LogP) is 7.05. The van der Waals surface area contributed by atoms with Crippen molar-refractivity contribution < 1.29 is 50.1 Å². The fourth-order valence-electron chi connectivity index (χ4n) is 5.29. The Morgan fingerprint density at radius 3 is 2.35 bits per heavy atom. The van der Waals surface area contributed by atoms with Crippen LogP contribution in [0.3, 0.4) is 0 Å². The average Bonchev–Trinajstić information content (AvgIpc) is 3.34. The van der Waals surface area contributed by atoms with Crippen LogP contribution in [-0.4, -0.2) is 61.2 Å². The van der Waals surface area contributed by atoms with Gasteiger partial charge in [-0.15, -0.1) is 26.3 Å². The molecular formula is C29H33F6N3O5. The molecule has 2 aromatic rings. The van der Waals surface area contributed by atoms with Crippen LogP contribution in [0.2, 0.25) is 0 Å². The molecule has 8 nitrogen and oxygen atoms in total. The van der Waals surface area contributed by atoms with E-state index in [0.29, 0.717) is 32.2 Å². The number of amides is 2. The molecule has 2 aromatic carbocycles. The zero-order valence-corrected chi connectivity index (χ0v) is 23.2. The third-order valence-electron chi connectivity index (χ3n) is 7.15. The second-order valence-corrected chi connectivity index (χ2v) is 10.6. The van der Waals surface area contributed by atoms with E-state index in [1.165, 1.54) is 30.7 Å². The Bertz CT molecular complexity index is 1250. The number of piperidine rings is 1. The smallest absolute Gasteiger partial charge is 0.490 e. The van der Waals surface area contributed by atoms with Gasteiger partial charge in [-0.3, -0.25) is 4.79 Å². The number of Topliss-reactive ketones (excluding diaryl/α,β-unsaturated/α-hetero) is 1. The highest BCUT2D eigenvalue weighted by Crippen LogP contribution is 2.33. The average molecular weight is 618 g/mol. The van der Waals surface area contributed by atoms with E-state index in [0.717, 1.165) is 44.1 Å². The highest BCUT2D eigenvalue weighted by atomic mass is 19.4. The zero-order chi connectivity index (χ0) is 31.0. The number of ketones is 1. The minimum absolute atomic E-state index is 0.0595. The molecule has 1 heterocycles. The van der Waals surface area contributed by atoms with Crippen molar-refractivity contribution in [1.29, 1.82) is 0 Å². The lowest BCUT2D eigenvalue weighted by Gasteiger charge is -2.26. The molecular weight excluding hydrogens is 584 g/mol. The monoisotopic (exact) mass is 617 g/mol. The Hall–Kier alpha value is -3.68. The summed E-state index contributed by atoms with van der Waals surface area (Å²) in [6.45, 7) is 2.58. The van der Waals surface area contributed by atoms with E-state index in [4.69, 9.17) is 4.74 Å². The normalized spacial score (nSPS) is 19.5. The summed E-state index contributed by atoms with van der Waals surface area (Å²) in [5.41, 5.74) is -0.114. The van der Waals surface area contributed by atoms with Crippen molar-refractivity contribution in [3.05, 3.63) is 48.0 Å². The molecule has 4 rings (SSSR count). The van der Waals surface area contributed by atoms with E-state index in [1.807, 2.05) is 0 Å². The Labute approximate surface area is 244 Å². The Kier molecular flexibility index (Phi) is 10.6. The number of benzene rings is 2. The van der Waals surface area contributed by atoms with Gasteiger partial charge in [0.25, 0.3) is 0 Å². The topological polar surface area (TPSA) is 89.1 Å². The maximum Gasteiger partial charge on any atom is 0.573 e. The minimum Gasteiger partial charge on any atom is -0.490 e. The molecule has 0 spiro atoms. The van der Waals surface area contributed by atoms with Crippen LogP contribution in [0, 0.1) is 0 Å². The fourth-order valence-corrected chi connectivity index (χ4v) is 5.29. The van der Waals surface area contributed by atoms with E-state index in [-0.39, 0.29) is 29.5 Å². The fraction of sp³-hybridized carbons (Fsp3) is 0.517. The van der Waals surface area contributed by atoms with Gasteiger partial charge in [-0.2, -0.15) is 0 Å². The lowest BCUT2D eigenvalue weighted by atomic mass is 10.0. The number of halogens is 6. The van der Waals surface area contributed by atoms with E-state index in [9.17, 15) is 35.9 Å². The number of nitrogens with one attached hydrogen (secondary N) is 2. The van der Waals surface area contributed by atoms with Gasteiger partial charge in [0, 0.05) is 30.6 Å². The van der Waals surface area contributed by atoms with Crippen LogP contribution in [0.15, 0.2) is 42.5 Å². The lowest BCUT2D eigenvalue weighted by molar-refractivity contribution is -0.275. The minimum atomic E-state index is -4.97. The number of urea groups is 1. The second-order valence-electron chi connectivity index (χ2n) is 10.6. The number of alkyl halides is 6. The number of nitrogens with zero attached hydrogens (tertiary/aromatic N) is 1. The molecule has 1 saturated heterocycles. The first-order valence-electron chi connectivity index (χ1n) is 14.1. The largest absolute Gasteiger partial charge is 0.573 e. The van der Waals surface area contributed by atoms with Crippen molar-refractivity contribution in [3.63, 3.8) is 0 Å². The van der Waals surface area contributed by atoms with Crippen LogP contribution < -0.4 is 24.8 Å². The van der Waals surface area contributed by atoms with Gasteiger partial charge >= 0.3 is 18.8 Å². The first-order chi connectivity index (χ1) is 20.3. The number of carbonyl (C=O) groups is 2. The molecule has 1 aliphatic carbocycles. The number of hydrogen-bond acceptors (Lipinski definition) is 6. The number of carbonyl (C=O) groups excluding carboxylic acids is 2. The van der Waals surface area contributed by atoms with Crippen LogP contribution in [0.5, 0.6) is 17.2 Å². The molecule has 14 heteroatoms. The summed E-state index contributed by atoms with van der Waals surface area (Å²) in [4.78, 5) is 27.6. The molecule has 2 aliphatic rings. The summed E-state index contributed by atoms with van der Waals surface area (Å²) >= 11 is 0. The molecule has 1 saturated carbocycles. The van der Waals surface area contributed by atoms with E-state index < -0.39 is 42.1 Å². The Morgan fingerprint density at radius 2 is 1.63 bits per heavy atom. The molecule has 1 aliphatic heterocycles. The maximum absolute atomic E-state index is 13.0. The third kappa shape index (κ3) is 10.8. The Morgan fingerprint density at radius 1 is 0.884 bits per heavy atom. The van der Waals surface area contributed by atoms with E-state index in [1.54, 1.807) is 0 Å². The molecule has 0 radical (unpaired) electrons. The van der Waals surface area contributed by atoms with Crippen molar-refractivity contribution >= 4 is 17.5 Å². The first-order valence-corrected chi connectivity index (χ1v) is 14.1. The highest BCUT2D eigenvalue weighted by molar-refractivity contribution is 5.99. The van der Waals surface area contributed by atoms with Crippen molar-refractivity contribution in [2.45, 2.75) is 76.2 Å². The first kappa shape index (κ1) is 32.2. The molecule has 236 valence electrons. The van der Waals surface area contributed by atoms with Crippen molar-refractivity contribution in [2.75, 3.05) is 25.0 Å². The van der Waals surface area contributed by atoms with Gasteiger partial charge in [-0.25, -0.2) is 4.79 Å². The molecule has 0 aromatic heterocycles. The molecule has 2 N–H and O–H groups in total. The van der Waals surface area contributed by atoms with Crippen LogP contribution >= 0.6 is 0 Å². The SMILES string of the molecule is O=C(Nc1cccc(OC(F)(F)F)c1)NC1CCC(Oc2ccc(OC(F)(F)F)c(C(=O)CCCN3CCCCC3)c2)C1. The number of hydrogen-bond donors (Lipinski definition) is 2. The summed E-state index contributed by atoms with van der Waals surface area (Å²) in [7, 11) is 0. The second kappa shape index (κ2) is 14.2. The maximum atomic E-state index is 13.0.